The van der Waals surface area contributed by atoms with E-state index in [9.17, 15) is 4.79 Å². The molecule has 0 aliphatic heterocycles. The molecule has 3 rings (SSSR count). The summed E-state index contributed by atoms with van der Waals surface area (Å²) in [6.07, 6.45) is 2.09. The Kier molecular flexibility index (Phi) is 9.02. The van der Waals surface area contributed by atoms with E-state index in [-0.39, 0.29) is 12.5 Å². The number of carboxylic acids is 1. The van der Waals surface area contributed by atoms with Gasteiger partial charge in [0.05, 0.1) is 6.61 Å². The molecule has 0 spiro atoms. The maximum Gasteiger partial charge on any atom is 0.303 e. The van der Waals surface area contributed by atoms with Crippen molar-refractivity contribution in [3.05, 3.63) is 82.9 Å². The Hall–Kier alpha value is -3.18. The molecule has 1 N–H and O–H groups in total. The van der Waals surface area contributed by atoms with Crippen LogP contribution in [0, 0.1) is 6.92 Å². The van der Waals surface area contributed by atoms with E-state index in [2.05, 4.69) is 6.92 Å². The Bertz CT molecular complexity index is 1050. The maximum atomic E-state index is 10.8. The van der Waals surface area contributed by atoms with Crippen molar-refractivity contribution < 1.29 is 24.1 Å². The van der Waals surface area contributed by atoms with E-state index in [1.165, 1.54) is 0 Å². The molecule has 174 valence electrons. The summed E-state index contributed by atoms with van der Waals surface area (Å²) in [5, 5.41) is 9.45. The fourth-order valence-electron chi connectivity index (χ4n) is 3.39. The second kappa shape index (κ2) is 12.2. The van der Waals surface area contributed by atoms with Gasteiger partial charge in [-0.3, -0.25) is 4.79 Å². The minimum atomic E-state index is -0.793. The zero-order chi connectivity index (χ0) is 23.6. The van der Waals surface area contributed by atoms with Gasteiger partial charge in [-0.15, -0.1) is 0 Å². The fourth-order valence-corrected chi connectivity index (χ4v) is 3.55. The van der Waals surface area contributed by atoms with E-state index >= 15 is 0 Å². The van der Waals surface area contributed by atoms with Crippen molar-refractivity contribution in [2.75, 3.05) is 6.61 Å². The van der Waals surface area contributed by atoms with Gasteiger partial charge in [-0.2, -0.15) is 0 Å². The first-order valence-electron chi connectivity index (χ1n) is 11.1. The summed E-state index contributed by atoms with van der Waals surface area (Å²) in [6, 6.07) is 20.6. The van der Waals surface area contributed by atoms with Crippen molar-refractivity contribution in [1.82, 2.24) is 0 Å². The van der Waals surface area contributed by atoms with Crippen LogP contribution in [0.3, 0.4) is 0 Å². The summed E-state index contributed by atoms with van der Waals surface area (Å²) in [6.45, 7) is 4.53. The van der Waals surface area contributed by atoms with Crippen LogP contribution >= 0.6 is 11.6 Å². The normalized spacial score (nSPS) is 11.6. The number of aryl methyl sites for hydroxylation is 2. The summed E-state index contributed by atoms with van der Waals surface area (Å²) in [4.78, 5) is 10.8. The Balaban J connectivity index is 1.58. The van der Waals surface area contributed by atoms with E-state index < -0.39 is 5.97 Å². The quantitative estimate of drug-likeness (QED) is 0.307. The third-order valence-electron chi connectivity index (χ3n) is 5.26. The van der Waals surface area contributed by atoms with Crippen molar-refractivity contribution in [2.24, 2.45) is 0 Å². The number of benzene rings is 3. The maximum absolute atomic E-state index is 10.8. The minimum absolute atomic E-state index is 0.0553. The molecule has 0 aliphatic carbocycles. The number of carboxylic acid groups (broad SMARTS) is 1. The zero-order valence-corrected chi connectivity index (χ0v) is 19.7. The van der Waals surface area contributed by atoms with Gasteiger partial charge in [-0.25, -0.2) is 0 Å². The van der Waals surface area contributed by atoms with Gasteiger partial charge in [-0.05, 0) is 67.3 Å². The second-order valence-corrected chi connectivity index (χ2v) is 8.21. The largest absolute Gasteiger partial charge is 0.493 e. The molecule has 0 fully saturated rings. The van der Waals surface area contributed by atoms with E-state index in [0.29, 0.717) is 41.7 Å². The van der Waals surface area contributed by atoms with Crippen LogP contribution in [0.5, 0.6) is 23.0 Å². The van der Waals surface area contributed by atoms with E-state index in [0.717, 1.165) is 23.3 Å². The third-order valence-corrected chi connectivity index (χ3v) is 5.49. The number of aliphatic carboxylic acids is 1. The van der Waals surface area contributed by atoms with Crippen molar-refractivity contribution in [3.63, 3.8) is 0 Å². The molecule has 3 aromatic rings. The van der Waals surface area contributed by atoms with Gasteiger partial charge in [-0.1, -0.05) is 42.8 Å². The minimum Gasteiger partial charge on any atom is -0.493 e. The van der Waals surface area contributed by atoms with Gasteiger partial charge in [0.2, 0.25) is 0 Å². The number of hydrogen-bond donors (Lipinski definition) is 1. The van der Waals surface area contributed by atoms with Crippen molar-refractivity contribution >= 4 is 17.6 Å². The van der Waals surface area contributed by atoms with Gasteiger partial charge in [0, 0.05) is 23.9 Å². The summed E-state index contributed by atoms with van der Waals surface area (Å²) in [7, 11) is 0. The first kappa shape index (κ1) is 24.5. The molecular weight excluding hydrogens is 440 g/mol. The van der Waals surface area contributed by atoms with Crippen LogP contribution in [0.15, 0.2) is 66.7 Å². The molecule has 0 radical (unpaired) electrons. The van der Waals surface area contributed by atoms with Crippen LogP contribution in [0.25, 0.3) is 0 Å². The van der Waals surface area contributed by atoms with Crippen molar-refractivity contribution in [1.29, 1.82) is 0 Å². The van der Waals surface area contributed by atoms with Gasteiger partial charge in [0.25, 0.3) is 0 Å². The summed E-state index contributed by atoms with van der Waals surface area (Å²) in [5.74, 6) is 1.89. The first-order chi connectivity index (χ1) is 15.9. The Morgan fingerprint density at radius 2 is 1.79 bits per heavy atom. The smallest absolute Gasteiger partial charge is 0.303 e. The van der Waals surface area contributed by atoms with Gasteiger partial charge >= 0.3 is 5.97 Å². The highest BCUT2D eigenvalue weighted by Crippen LogP contribution is 2.35. The lowest BCUT2D eigenvalue weighted by molar-refractivity contribution is -0.136. The molecule has 1 atom stereocenters. The molecule has 0 amide bonds. The van der Waals surface area contributed by atoms with E-state index in [1.54, 1.807) is 12.1 Å². The average Bonchev–Trinajstić information content (AvgIpc) is 2.80. The average molecular weight is 469 g/mol. The fraction of sp³-hybridized carbons (Fsp3) is 0.296. The number of ether oxygens (including phenoxy) is 3. The van der Waals surface area contributed by atoms with Crippen LogP contribution in [0.1, 0.15) is 37.3 Å². The monoisotopic (exact) mass is 468 g/mol. The number of carbonyl (C=O) groups is 1. The molecule has 0 saturated heterocycles. The Morgan fingerprint density at radius 1 is 1.00 bits per heavy atom. The van der Waals surface area contributed by atoms with Gasteiger partial charge in [0.15, 0.2) is 11.5 Å². The highest BCUT2D eigenvalue weighted by Gasteiger charge is 2.14. The standard InChI is InChI=1S/C27H29ClO5/c1-3-22(15-16-31-24-12-9-20(19(2)17-24)10-14-27(29)30)32-25-13-11-21(28)18-26(25)33-23-7-5-4-6-8-23/h4-9,11-13,17-18,22H,3,10,14-16H2,1-2H3,(H,29,30). The molecule has 0 saturated carbocycles. The topological polar surface area (TPSA) is 65.0 Å². The van der Waals surface area contributed by atoms with Gasteiger partial charge < -0.3 is 19.3 Å². The van der Waals surface area contributed by atoms with Crippen LogP contribution in [0.4, 0.5) is 0 Å². The molecular formula is C27H29ClO5. The Morgan fingerprint density at radius 3 is 2.48 bits per heavy atom. The Labute approximate surface area is 199 Å². The molecule has 3 aromatic carbocycles. The second-order valence-electron chi connectivity index (χ2n) is 7.77. The van der Waals surface area contributed by atoms with E-state index in [1.807, 2.05) is 61.5 Å². The molecule has 0 heterocycles. The lowest BCUT2D eigenvalue weighted by atomic mass is 10.0. The van der Waals surface area contributed by atoms with Crippen molar-refractivity contribution in [3.8, 4) is 23.0 Å². The zero-order valence-electron chi connectivity index (χ0n) is 18.9. The van der Waals surface area contributed by atoms with Crippen LogP contribution < -0.4 is 14.2 Å². The molecule has 0 aromatic heterocycles. The molecule has 33 heavy (non-hydrogen) atoms. The molecule has 1 unspecified atom stereocenters. The van der Waals surface area contributed by atoms with Gasteiger partial charge in [0.1, 0.15) is 17.6 Å². The first-order valence-corrected chi connectivity index (χ1v) is 11.5. The number of para-hydroxylation sites is 1. The third kappa shape index (κ3) is 7.72. The van der Waals surface area contributed by atoms with Crippen LogP contribution in [-0.2, 0) is 11.2 Å². The summed E-state index contributed by atoms with van der Waals surface area (Å²) in [5.41, 5.74) is 2.05. The summed E-state index contributed by atoms with van der Waals surface area (Å²) < 4.78 is 18.2. The number of halogens is 1. The number of rotatable bonds is 12. The number of hydrogen-bond acceptors (Lipinski definition) is 4. The van der Waals surface area contributed by atoms with Crippen LogP contribution in [-0.4, -0.2) is 23.8 Å². The lowest BCUT2D eigenvalue weighted by Crippen LogP contribution is -2.19. The van der Waals surface area contributed by atoms with Crippen LogP contribution in [0.2, 0.25) is 5.02 Å². The lowest BCUT2D eigenvalue weighted by Gasteiger charge is -2.20. The molecule has 0 bridgehead atoms. The predicted octanol–water partition coefficient (Wildman–Crippen LogP) is 7.08. The molecule has 5 nitrogen and oxygen atoms in total. The predicted molar refractivity (Wildman–Crippen MR) is 130 cm³/mol. The highest BCUT2D eigenvalue weighted by molar-refractivity contribution is 6.30. The molecule has 0 aliphatic rings. The SMILES string of the molecule is CCC(CCOc1ccc(CCC(=O)O)c(C)c1)Oc1ccc(Cl)cc1Oc1ccccc1. The highest BCUT2D eigenvalue weighted by atomic mass is 35.5. The van der Waals surface area contributed by atoms with E-state index in [4.69, 9.17) is 30.9 Å². The summed E-state index contributed by atoms with van der Waals surface area (Å²) >= 11 is 6.18. The molecule has 6 heteroatoms. The van der Waals surface area contributed by atoms with Crippen molar-refractivity contribution in [2.45, 2.75) is 45.6 Å².